The third kappa shape index (κ3) is 2.19. The highest BCUT2D eigenvalue weighted by Gasteiger charge is 2.16. The number of hydrogen-bond donors (Lipinski definition) is 1. The summed E-state index contributed by atoms with van der Waals surface area (Å²) in [6, 6.07) is 18.2. The summed E-state index contributed by atoms with van der Waals surface area (Å²) < 4.78 is 10.7. The predicted octanol–water partition coefficient (Wildman–Crippen LogP) is 4.36. The summed E-state index contributed by atoms with van der Waals surface area (Å²) in [4.78, 5) is 4.77. The Balaban J connectivity index is 1.85. The van der Waals surface area contributed by atoms with Gasteiger partial charge in [-0.1, -0.05) is 24.3 Å². The van der Waals surface area contributed by atoms with E-state index in [0.29, 0.717) is 11.5 Å². The van der Waals surface area contributed by atoms with Crippen molar-refractivity contribution in [2.24, 2.45) is 4.99 Å². The van der Waals surface area contributed by atoms with Gasteiger partial charge in [-0.25, -0.2) is 4.99 Å². The van der Waals surface area contributed by atoms with Gasteiger partial charge in [0.25, 0.3) is 0 Å². The fourth-order valence-electron chi connectivity index (χ4n) is 2.91. The van der Waals surface area contributed by atoms with Crippen molar-refractivity contribution in [3.63, 3.8) is 0 Å². The molecular weight excluding hydrogens is 288 g/mol. The van der Waals surface area contributed by atoms with E-state index in [-0.39, 0.29) is 0 Å². The molecule has 4 nitrogen and oxygen atoms in total. The molecule has 0 saturated carbocycles. The quantitative estimate of drug-likeness (QED) is 0.781. The van der Waals surface area contributed by atoms with Gasteiger partial charge in [-0.15, -0.1) is 0 Å². The van der Waals surface area contributed by atoms with Crippen LogP contribution in [0.1, 0.15) is 5.56 Å². The van der Waals surface area contributed by atoms with Gasteiger partial charge in [-0.3, -0.25) is 0 Å². The number of aliphatic imine (C=N–C) groups is 1. The van der Waals surface area contributed by atoms with Gasteiger partial charge in [0.15, 0.2) is 11.5 Å². The van der Waals surface area contributed by atoms with Crippen molar-refractivity contribution in [1.82, 2.24) is 0 Å². The minimum atomic E-state index is 0.687. The molecule has 0 fully saturated rings. The number of rotatable bonds is 3. The molecule has 23 heavy (non-hydrogen) atoms. The minimum absolute atomic E-state index is 0.687. The molecule has 0 saturated heterocycles. The van der Waals surface area contributed by atoms with Crippen LogP contribution in [0, 0.1) is 0 Å². The second-order valence-electron chi connectivity index (χ2n) is 5.34. The molecular formula is C19H16N2O2. The van der Waals surface area contributed by atoms with Crippen LogP contribution in [0.2, 0.25) is 0 Å². The highest BCUT2D eigenvalue weighted by atomic mass is 16.5. The fraction of sp³-hybridized carbons (Fsp3) is 0.105. The van der Waals surface area contributed by atoms with Gasteiger partial charge in [0.1, 0.15) is 5.84 Å². The highest BCUT2D eigenvalue weighted by molar-refractivity contribution is 6.19. The molecule has 0 aliphatic carbocycles. The lowest BCUT2D eigenvalue weighted by atomic mass is 10.0. The van der Waals surface area contributed by atoms with Crippen molar-refractivity contribution in [2.75, 3.05) is 19.5 Å². The van der Waals surface area contributed by atoms with Crippen LogP contribution < -0.4 is 14.8 Å². The van der Waals surface area contributed by atoms with Crippen LogP contribution >= 0.6 is 0 Å². The van der Waals surface area contributed by atoms with E-state index in [2.05, 4.69) is 23.5 Å². The van der Waals surface area contributed by atoms with E-state index < -0.39 is 0 Å². The molecule has 4 rings (SSSR count). The smallest absolute Gasteiger partial charge is 0.161 e. The zero-order chi connectivity index (χ0) is 15.8. The van der Waals surface area contributed by atoms with Gasteiger partial charge >= 0.3 is 0 Å². The van der Waals surface area contributed by atoms with Gasteiger partial charge in [0.05, 0.1) is 19.9 Å². The highest BCUT2D eigenvalue weighted by Crippen LogP contribution is 2.37. The summed E-state index contributed by atoms with van der Waals surface area (Å²) in [6.07, 6.45) is 0. The number of amidine groups is 1. The maximum absolute atomic E-state index is 5.39. The molecule has 0 amide bonds. The van der Waals surface area contributed by atoms with Gasteiger partial charge in [-0.2, -0.15) is 0 Å². The van der Waals surface area contributed by atoms with E-state index in [0.717, 1.165) is 28.2 Å². The second kappa shape index (κ2) is 5.32. The zero-order valence-corrected chi connectivity index (χ0v) is 13.0. The molecule has 1 aliphatic heterocycles. The van der Waals surface area contributed by atoms with Crippen molar-refractivity contribution < 1.29 is 9.47 Å². The number of hydrogen-bond acceptors (Lipinski definition) is 4. The van der Waals surface area contributed by atoms with Crippen molar-refractivity contribution in [3.05, 3.63) is 60.2 Å². The number of nitrogens with zero attached hydrogens (tertiary/aromatic N) is 1. The number of benzene rings is 3. The molecule has 1 heterocycles. The van der Waals surface area contributed by atoms with E-state index in [1.807, 2.05) is 36.4 Å². The van der Waals surface area contributed by atoms with Crippen LogP contribution in [0.3, 0.4) is 0 Å². The monoisotopic (exact) mass is 304 g/mol. The molecule has 0 atom stereocenters. The Labute approximate surface area is 134 Å². The molecule has 4 heteroatoms. The van der Waals surface area contributed by atoms with Crippen molar-refractivity contribution in [2.45, 2.75) is 0 Å². The van der Waals surface area contributed by atoms with Gasteiger partial charge < -0.3 is 14.8 Å². The topological polar surface area (TPSA) is 42.8 Å². The Morgan fingerprint density at radius 1 is 0.870 bits per heavy atom. The van der Waals surface area contributed by atoms with Crippen LogP contribution in [0.4, 0.5) is 11.4 Å². The Hall–Kier alpha value is -3.01. The van der Waals surface area contributed by atoms with Crippen molar-refractivity contribution in [3.8, 4) is 11.5 Å². The van der Waals surface area contributed by atoms with Crippen LogP contribution in [0.25, 0.3) is 10.8 Å². The maximum atomic E-state index is 5.39. The average Bonchev–Trinajstić information content (AvgIpc) is 2.61. The number of ether oxygens (including phenoxy) is 2. The molecule has 3 aromatic rings. The summed E-state index contributed by atoms with van der Waals surface area (Å²) in [7, 11) is 3.26. The summed E-state index contributed by atoms with van der Waals surface area (Å²) >= 11 is 0. The van der Waals surface area contributed by atoms with Crippen molar-refractivity contribution >= 4 is 28.0 Å². The normalized spacial score (nSPS) is 12.5. The average molecular weight is 304 g/mol. The third-order valence-corrected chi connectivity index (χ3v) is 4.03. The van der Waals surface area contributed by atoms with Crippen LogP contribution in [0.5, 0.6) is 11.5 Å². The Kier molecular flexibility index (Phi) is 3.15. The Bertz CT molecular complexity index is 927. The molecule has 0 radical (unpaired) electrons. The first-order chi connectivity index (χ1) is 11.3. The van der Waals surface area contributed by atoms with Crippen LogP contribution in [0.15, 0.2) is 59.6 Å². The minimum Gasteiger partial charge on any atom is -0.493 e. The molecule has 3 aromatic carbocycles. The van der Waals surface area contributed by atoms with E-state index in [9.17, 15) is 0 Å². The lowest BCUT2D eigenvalue weighted by Gasteiger charge is -2.19. The maximum Gasteiger partial charge on any atom is 0.161 e. The summed E-state index contributed by atoms with van der Waals surface area (Å²) in [5.41, 5.74) is 2.99. The number of nitrogens with one attached hydrogen (secondary N) is 1. The second-order valence-corrected chi connectivity index (χ2v) is 5.34. The molecule has 114 valence electrons. The van der Waals surface area contributed by atoms with Crippen LogP contribution in [-0.4, -0.2) is 20.1 Å². The number of methoxy groups -OCH3 is 2. The van der Waals surface area contributed by atoms with E-state index in [1.54, 1.807) is 14.2 Å². The largest absolute Gasteiger partial charge is 0.493 e. The zero-order valence-electron chi connectivity index (χ0n) is 13.0. The van der Waals surface area contributed by atoms with E-state index >= 15 is 0 Å². The third-order valence-electron chi connectivity index (χ3n) is 4.03. The Morgan fingerprint density at radius 2 is 1.65 bits per heavy atom. The first-order valence-electron chi connectivity index (χ1n) is 7.40. The lowest BCUT2D eigenvalue weighted by molar-refractivity contribution is 0.355. The Morgan fingerprint density at radius 3 is 2.43 bits per heavy atom. The molecule has 1 aliphatic rings. The molecule has 0 bridgehead atoms. The van der Waals surface area contributed by atoms with Gasteiger partial charge in [0, 0.05) is 16.6 Å². The van der Waals surface area contributed by atoms with Gasteiger partial charge in [-0.05, 0) is 35.7 Å². The van der Waals surface area contributed by atoms with E-state index in [4.69, 9.17) is 14.5 Å². The standard InChI is InChI=1S/C19H16N2O2/c1-22-16-10-9-13(11-17(16)23-2)19-20-14-7-3-5-12-6-4-8-15(21-19)18(12)14/h3-11H,1-2H3,(H,20,21). The lowest BCUT2D eigenvalue weighted by Crippen LogP contribution is -2.16. The molecule has 0 aromatic heterocycles. The number of anilines is 1. The molecule has 1 N–H and O–H groups in total. The van der Waals surface area contributed by atoms with Crippen molar-refractivity contribution in [1.29, 1.82) is 0 Å². The summed E-state index contributed by atoms with van der Waals surface area (Å²) in [5, 5.41) is 5.76. The first-order valence-corrected chi connectivity index (χ1v) is 7.40. The summed E-state index contributed by atoms with van der Waals surface area (Å²) in [6.45, 7) is 0. The SMILES string of the molecule is COc1ccc(C2=Nc3cccc4cccc(c34)N2)cc1OC. The van der Waals surface area contributed by atoms with Crippen LogP contribution in [-0.2, 0) is 0 Å². The van der Waals surface area contributed by atoms with Gasteiger partial charge in [0.2, 0.25) is 0 Å². The summed E-state index contributed by atoms with van der Waals surface area (Å²) in [5.74, 6) is 2.19. The first kappa shape index (κ1) is 13.6. The molecule has 0 unspecified atom stereocenters. The fourth-order valence-corrected chi connectivity index (χ4v) is 2.91. The molecule has 0 spiro atoms. The predicted molar refractivity (Wildman–Crippen MR) is 93.3 cm³/mol. The van der Waals surface area contributed by atoms with E-state index in [1.165, 1.54) is 5.39 Å².